The van der Waals surface area contributed by atoms with E-state index in [0.29, 0.717) is 17.4 Å². The Morgan fingerprint density at radius 2 is 2.00 bits per heavy atom. The summed E-state index contributed by atoms with van der Waals surface area (Å²) in [6, 6.07) is 8.09. The average molecular weight is 292 g/mol. The van der Waals surface area contributed by atoms with Crippen molar-refractivity contribution in [1.29, 1.82) is 0 Å². The fraction of sp³-hybridized carbons (Fsp3) is 0.250. The molecule has 1 saturated carbocycles. The Bertz CT molecular complexity index is 558. The third-order valence-electron chi connectivity index (χ3n) is 2.85. The van der Waals surface area contributed by atoms with Crippen molar-refractivity contribution in [2.45, 2.75) is 18.9 Å². The lowest BCUT2D eigenvalue weighted by atomic mass is 10.1. The summed E-state index contributed by atoms with van der Waals surface area (Å²) < 4.78 is 2.74. The Balaban J connectivity index is 2.07. The SMILES string of the molecule is O=Cc1c(-c2ccc(Br)cc2)nnn1C1CC1. The minimum absolute atomic E-state index is 0.367. The molecule has 0 amide bonds. The van der Waals surface area contributed by atoms with Crippen molar-refractivity contribution in [2.24, 2.45) is 0 Å². The van der Waals surface area contributed by atoms with Crippen molar-refractivity contribution < 1.29 is 4.79 Å². The van der Waals surface area contributed by atoms with E-state index in [0.717, 1.165) is 29.2 Å². The fourth-order valence-corrected chi connectivity index (χ4v) is 2.08. The largest absolute Gasteiger partial charge is 0.296 e. The van der Waals surface area contributed by atoms with Gasteiger partial charge in [0.15, 0.2) is 6.29 Å². The van der Waals surface area contributed by atoms with Gasteiger partial charge in [-0.05, 0) is 25.0 Å². The van der Waals surface area contributed by atoms with Gasteiger partial charge in [-0.3, -0.25) is 4.79 Å². The van der Waals surface area contributed by atoms with Crippen LogP contribution in [-0.4, -0.2) is 21.3 Å². The highest BCUT2D eigenvalue weighted by Gasteiger charge is 2.28. The Morgan fingerprint density at radius 3 is 2.59 bits per heavy atom. The molecule has 0 N–H and O–H groups in total. The Morgan fingerprint density at radius 1 is 1.29 bits per heavy atom. The van der Waals surface area contributed by atoms with E-state index in [1.807, 2.05) is 24.3 Å². The number of carbonyl (C=O) groups is 1. The molecule has 1 heterocycles. The van der Waals surface area contributed by atoms with Crippen molar-refractivity contribution in [1.82, 2.24) is 15.0 Å². The minimum atomic E-state index is 0.367. The van der Waals surface area contributed by atoms with Gasteiger partial charge in [-0.2, -0.15) is 0 Å². The van der Waals surface area contributed by atoms with Crippen LogP contribution >= 0.6 is 15.9 Å². The molecule has 3 rings (SSSR count). The van der Waals surface area contributed by atoms with Crippen LogP contribution in [0, 0.1) is 0 Å². The standard InChI is InChI=1S/C12H10BrN3O/c13-9-3-1-8(2-4-9)12-11(7-17)16(15-14-12)10-5-6-10/h1-4,7,10H,5-6H2. The predicted molar refractivity (Wildman–Crippen MR) is 66.8 cm³/mol. The first-order valence-corrected chi connectivity index (χ1v) is 6.25. The third kappa shape index (κ3) is 1.91. The molecule has 1 aliphatic rings. The molecule has 1 aromatic heterocycles. The normalized spacial score (nSPS) is 14.9. The van der Waals surface area contributed by atoms with E-state index in [4.69, 9.17) is 0 Å². The molecular weight excluding hydrogens is 282 g/mol. The van der Waals surface area contributed by atoms with Crippen LogP contribution in [0.5, 0.6) is 0 Å². The molecule has 2 aromatic rings. The number of hydrogen-bond acceptors (Lipinski definition) is 3. The van der Waals surface area contributed by atoms with Gasteiger partial charge in [-0.1, -0.05) is 33.3 Å². The summed E-state index contributed by atoms with van der Waals surface area (Å²) >= 11 is 3.38. The highest BCUT2D eigenvalue weighted by atomic mass is 79.9. The lowest BCUT2D eigenvalue weighted by Crippen LogP contribution is -2.01. The second-order valence-electron chi connectivity index (χ2n) is 4.12. The van der Waals surface area contributed by atoms with Gasteiger partial charge < -0.3 is 0 Å². The molecule has 0 saturated heterocycles. The maximum absolute atomic E-state index is 11.2. The maximum Gasteiger partial charge on any atom is 0.170 e. The predicted octanol–water partition coefficient (Wildman–Crippen LogP) is 2.86. The lowest BCUT2D eigenvalue weighted by molar-refractivity contribution is 0.111. The number of aromatic nitrogens is 3. The molecule has 0 aliphatic heterocycles. The molecule has 17 heavy (non-hydrogen) atoms. The van der Waals surface area contributed by atoms with E-state index in [2.05, 4.69) is 26.2 Å². The first kappa shape index (κ1) is 10.7. The molecule has 0 bridgehead atoms. The van der Waals surface area contributed by atoms with E-state index in [1.165, 1.54) is 0 Å². The average Bonchev–Trinajstić information content (AvgIpc) is 3.10. The summed E-state index contributed by atoms with van der Waals surface area (Å²) in [5, 5.41) is 8.19. The molecular formula is C12H10BrN3O. The number of benzene rings is 1. The van der Waals surface area contributed by atoms with Gasteiger partial charge in [0.05, 0.1) is 6.04 Å². The topological polar surface area (TPSA) is 47.8 Å². The summed E-state index contributed by atoms with van der Waals surface area (Å²) in [6.07, 6.45) is 3.02. The van der Waals surface area contributed by atoms with Crippen molar-refractivity contribution in [2.75, 3.05) is 0 Å². The van der Waals surface area contributed by atoms with Gasteiger partial charge in [-0.25, -0.2) is 4.68 Å². The zero-order valence-electron chi connectivity index (χ0n) is 9.01. The molecule has 5 heteroatoms. The van der Waals surface area contributed by atoms with Gasteiger partial charge in [0.25, 0.3) is 0 Å². The number of carbonyl (C=O) groups excluding carboxylic acids is 1. The van der Waals surface area contributed by atoms with Crippen LogP contribution < -0.4 is 0 Å². The number of aldehydes is 1. The van der Waals surface area contributed by atoms with Crippen molar-refractivity contribution in [3.8, 4) is 11.3 Å². The summed E-state index contributed by atoms with van der Waals surface area (Å²) in [5.41, 5.74) is 2.16. The van der Waals surface area contributed by atoms with Gasteiger partial charge in [0.1, 0.15) is 11.4 Å². The highest BCUT2D eigenvalue weighted by Crippen LogP contribution is 2.36. The molecule has 1 aromatic carbocycles. The summed E-state index contributed by atoms with van der Waals surface area (Å²) in [7, 11) is 0. The molecule has 86 valence electrons. The summed E-state index contributed by atoms with van der Waals surface area (Å²) in [5.74, 6) is 0. The Hall–Kier alpha value is -1.49. The second kappa shape index (κ2) is 4.07. The summed E-state index contributed by atoms with van der Waals surface area (Å²) in [4.78, 5) is 11.2. The molecule has 0 radical (unpaired) electrons. The van der Waals surface area contributed by atoms with E-state index < -0.39 is 0 Å². The van der Waals surface area contributed by atoms with Gasteiger partial charge >= 0.3 is 0 Å². The van der Waals surface area contributed by atoms with Gasteiger partial charge in [0.2, 0.25) is 0 Å². The number of rotatable bonds is 3. The van der Waals surface area contributed by atoms with Crippen LogP contribution in [0.3, 0.4) is 0 Å². The highest BCUT2D eigenvalue weighted by molar-refractivity contribution is 9.10. The fourth-order valence-electron chi connectivity index (χ4n) is 1.81. The van der Waals surface area contributed by atoms with E-state index in [9.17, 15) is 4.79 Å². The van der Waals surface area contributed by atoms with Gasteiger partial charge in [0, 0.05) is 10.0 Å². The monoisotopic (exact) mass is 291 g/mol. The van der Waals surface area contributed by atoms with E-state index in [-0.39, 0.29) is 0 Å². The Kier molecular flexibility index (Phi) is 2.55. The van der Waals surface area contributed by atoms with Crippen molar-refractivity contribution in [3.05, 3.63) is 34.4 Å². The van der Waals surface area contributed by atoms with Crippen LogP contribution in [0.1, 0.15) is 29.4 Å². The molecule has 4 nitrogen and oxygen atoms in total. The smallest absolute Gasteiger partial charge is 0.170 e. The third-order valence-corrected chi connectivity index (χ3v) is 3.38. The van der Waals surface area contributed by atoms with E-state index in [1.54, 1.807) is 4.68 Å². The number of nitrogens with zero attached hydrogens (tertiary/aromatic N) is 3. The number of hydrogen-bond donors (Lipinski definition) is 0. The second-order valence-corrected chi connectivity index (χ2v) is 5.04. The lowest BCUT2D eigenvalue weighted by Gasteiger charge is -2.00. The zero-order chi connectivity index (χ0) is 11.8. The van der Waals surface area contributed by atoms with Crippen LogP contribution in [0.2, 0.25) is 0 Å². The summed E-state index contributed by atoms with van der Waals surface area (Å²) in [6.45, 7) is 0. The van der Waals surface area contributed by atoms with Crippen LogP contribution in [0.25, 0.3) is 11.3 Å². The minimum Gasteiger partial charge on any atom is -0.296 e. The van der Waals surface area contributed by atoms with Crippen molar-refractivity contribution in [3.63, 3.8) is 0 Å². The Labute approximate surface area is 107 Å². The first-order chi connectivity index (χ1) is 8.29. The van der Waals surface area contributed by atoms with Crippen LogP contribution in [-0.2, 0) is 0 Å². The molecule has 0 unspecified atom stereocenters. The first-order valence-electron chi connectivity index (χ1n) is 5.46. The molecule has 0 spiro atoms. The molecule has 0 atom stereocenters. The zero-order valence-corrected chi connectivity index (χ0v) is 10.6. The quantitative estimate of drug-likeness (QED) is 0.817. The van der Waals surface area contributed by atoms with Crippen LogP contribution in [0.4, 0.5) is 0 Å². The maximum atomic E-state index is 11.2. The van der Waals surface area contributed by atoms with Crippen molar-refractivity contribution >= 4 is 22.2 Å². The van der Waals surface area contributed by atoms with Gasteiger partial charge in [-0.15, -0.1) is 5.10 Å². The molecule has 1 fully saturated rings. The number of halogens is 1. The molecule has 1 aliphatic carbocycles. The van der Waals surface area contributed by atoms with Crippen LogP contribution in [0.15, 0.2) is 28.7 Å². The van der Waals surface area contributed by atoms with E-state index >= 15 is 0 Å².